The lowest BCUT2D eigenvalue weighted by Crippen LogP contribution is -2.26. The van der Waals surface area contributed by atoms with Crippen LogP contribution in [0.4, 0.5) is 5.82 Å². The summed E-state index contributed by atoms with van der Waals surface area (Å²) in [6.45, 7) is 3.85. The van der Waals surface area contributed by atoms with Crippen molar-refractivity contribution in [2.75, 3.05) is 12.3 Å². The number of rotatable bonds is 1. The number of aromatic nitrogens is 2. The second-order valence-corrected chi connectivity index (χ2v) is 3.23. The first kappa shape index (κ1) is 8.44. The van der Waals surface area contributed by atoms with E-state index in [1.165, 1.54) is 0 Å². The third-order valence-electron chi connectivity index (χ3n) is 2.33. The molecule has 0 saturated carbocycles. The maximum atomic E-state index is 5.83. The first-order valence-electron chi connectivity index (χ1n) is 4.66. The molecule has 3 N–H and O–H groups in total. The summed E-state index contributed by atoms with van der Waals surface area (Å²) in [7, 11) is 0. The summed E-state index contributed by atoms with van der Waals surface area (Å²) in [6, 6.07) is 0. The van der Waals surface area contributed by atoms with Crippen molar-refractivity contribution < 1.29 is 0 Å². The van der Waals surface area contributed by atoms with Gasteiger partial charge in [-0.05, 0) is 0 Å². The van der Waals surface area contributed by atoms with E-state index in [9.17, 15) is 0 Å². The zero-order valence-electron chi connectivity index (χ0n) is 7.80. The maximum Gasteiger partial charge on any atom is 0.131 e. The van der Waals surface area contributed by atoms with Crippen LogP contribution in [0.2, 0.25) is 0 Å². The van der Waals surface area contributed by atoms with Gasteiger partial charge >= 0.3 is 0 Å². The summed E-state index contributed by atoms with van der Waals surface area (Å²) in [5.74, 6) is 1.51. The molecule has 0 aromatic carbocycles. The van der Waals surface area contributed by atoms with E-state index in [0.717, 1.165) is 43.0 Å². The van der Waals surface area contributed by atoms with E-state index in [1.54, 1.807) is 0 Å². The van der Waals surface area contributed by atoms with Crippen molar-refractivity contribution in [1.82, 2.24) is 15.3 Å². The SMILES string of the molecule is CCc1nc(N)c2c(n1)CCNC2. The summed E-state index contributed by atoms with van der Waals surface area (Å²) >= 11 is 0. The molecule has 0 atom stereocenters. The van der Waals surface area contributed by atoms with Gasteiger partial charge < -0.3 is 11.1 Å². The van der Waals surface area contributed by atoms with Crippen LogP contribution in [0.15, 0.2) is 0 Å². The third kappa shape index (κ3) is 1.49. The van der Waals surface area contributed by atoms with Crippen LogP contribution in [0.5, 0.6) is 0 Å². The number of hydrogen-bond donors (Lipinski definition) is 2. The largest absolute Gasteiger partial charge is 0.383 e. The van der Waals surface area contributed by atoms with Crippen molar-refractivity contribution in [3.05, 3.63) is 17.1 Å². The Bertz CT molecular complexity index is 322. The lowest BCUT2D eigenvalue weighted by molar-refractivity contribution is 0.623. The number of nitrogens with two attached hydrogens (primary N) is 1. The van der Waals surface area contributed by atoms with Gasteiger partial charge in [0.2, 0.25) is 0 Å². The fourth-order valence-electron chi connectivity index (χ4n) is 1.58. The first-order valence-corrected chi connectivity index (χ1v) is 4.66. The van der Waals surface area contributed by atoms with E-state index in [4.69, 9.17) is 5.73 Å². The Morgan fingerprint density at radius 3 is 3.08 bits per heavy atom. The zero-order chi connectivity index (χ0) is 9.26. The minimum absolute atomic E-state index is 0.647. The highest BCUT2D eigenvalue weighted by atomic mass is 15.0. The smallest absolute Gasteiger partial charge is 0.131 e. The van der Waals surface area contributed by atoms with Gasteiger partial charge in [-0.2, -0.15) is 0 Å². The van der Waals surface area contributed by atoms with Crippen molar-refractivity contribution in [3.8, 4) is 0 Å². The van der Waals surface area contributed by atoms with E-state index in [0.29, 0.717) is 5.82 Å². The fraction of sp³-hybridized carbons (Fsp3) is 0.556. The van der Waals surface area contributed by atoms with Gasteiger partial charge in [0.1, 0.15) is 11.6 Å². The van der Waals surface area contributed by atoms with E-state index in [1.807, 2.05) is 6.92 Å². The summed E-state index contributed by atoms with van der Waals surface area (Å²) in [5, 5.41) is 3.26. The molecule has 70 valence electrons. The molecule has 2 rings (SSSR count). The quantitative estimate of drug-likeness (QED) is 0.647. The first-order chi connectivity index (χ1) is 6.31. The Labute approximate surface area is 77.6 Å². The molecular formula is C9H14N4. The Morgan fingerprint density at radius 2 is 2.31 bits per heavy atom. The van der Waals surface area contributed by atoms with Gasteiger partial charge in [0.25, 0.3) is 0 Å². The summed E-state index contributed by atoms with van der Waals surface area (Å²) in [4.78, 5) is 8.69. The Balaban J connectivity index is 2.47. The van der Waals surface area contributed by atoms with Crippen LogP contribution >= 0.6 is 0 Å². The number of nitrogen functional groups attached to an aromatic ring is 1. The van der Waals surface area contributed by atoms with Crippen LogP contribution in [0.3, 0.4) is 0 Å². The molecule has 1 aliphatic heterocycles. The summed E-state index contributed by atoms with van der Waals surface area (Å²) in [5.41, 5.74) is 8.04. The lowest BCUT2D eigenvalue weighted by atomic mass is 10.1. The van der Waals surface area contributed by atoms with E-state index in [-0.39, 0.29) is 0 Å². The van der Waals surface area contributed by atoms with Gasteiger partial charge in [-0.3, -0.25) is 0 Å². The number of nitrogens with one attached hydrogen (secondary N) is 1. The molecule has 1 aromatic heterocycles. The Kier molecular flexibility index (Phi) is 2.14. The monoisotopic (exact) mass is 178 g/mol. The molecule has 0 unspecified atom stereocenters. The zero-order valence-corrected chi connectivity index (χ0v) is 7.80. The molecule has 0 aliphatic carbocycles. The Morgan fingerprint density at radius 1 is 1.46 bits per heavy atom. The van der Waals surface area contributed by atoms with Crippen LogP contribution in [-0.2, 0) is 19.4 Å². The Hall–Kier alpha value is -1.16. The number of anilines is 1. The van der Waals surface area contributed by atoms with Crippen molar-refractivity contribution >= 4 is 5.82 Å². The summed E-state index contributed by atoms with van der Waals surface area (Å²) < 4.78 is 0. The molecule has 4 nitrogen and oxygen atoms in total. The molecule has 2 heterocycles. The molecule has 0 fully saturated rings. The van der Waals surface area contributed by atoms with E-state index >= 15 is 0 Å². The van der Waals surface area contributed by atoms with Gasteiger partial charge in [0.05, 0.1) is 5.69 Å². The molecule has 1 aromatic rings. The number of hydrogen-bond acceptors (Lipinski definition) is 4. The predicted molar refractivity (Wildman–Crippen MR) is 51.2 cm³/mol. The highest BCUT2D eigenvalue weighted by molar-refractivity contribution is 5.43. The fourth-order valence-corrected chi connectivity index (χ4v) is 1.58. The molecule has 0 radical (unpaired) electrons. The van der Waals surface area contributed by atoms with Gasteiger partial charge in [-0.25, -0.2) is 9.97 Å². The van der Waals surface area contributed by atoms with Crippen molar-refractivity contribution in [2.24, 2.45) is 0 Å². The van der Waals surface area contributed by atoms with E-state index in [2.05, 4.69) is 15.3 Å². The minimum Gasteiger partial charge on any atom is -0.383 e. The molecule has 0 bridgehead atoms. The molecular weight excluding hydrogens is 164 g/mol. The average Bonchev–Trinajstić information content (AvgIpc) is 2.18. The molecule has 4 heteroatoms. The molecule has 0 saturated heterocycles. The van der Waals surface area contributed by atoms with E-state index < -0.39 is 0 Å². The highest BCUT2D eigenvalue weighted by Gasteiger charge is 2.14. The number of fused-ring (bicyclic) bond motifs is 1. The predicted octanol–water partition coefficient (Wildman–Crippen LogP) is 0.267. The lowest BCUT2D eigenvalue weighted by Gasteiger charge is -2.17. The van der Waals surface area contributed by atoms with Gasteiger partial charge in [-0.1, -0.05) is 6.92 Å². The topological polar surface area (TPSA) is 63.8 Å². The van der Waals surface area contributed by atoms with Crippen molar-refractivity contribution in [3.63, 3.8) is 0 Å². The van der Waals surface area contributed by atoms with Gasteiger partial charge in [-0.15, -0.1) is 0 Å². The van der Waals surface area contributed by atoms with Gasteiger partial charge in [0, 0.05) is 31.5 Å². The molecule has 13 heavy (non-hydrogen) atoms. The summed E-state index contributed by atoms with van der Waals surface area (Å²) in [6.07, 6.45) is 1.82. The normalized spacial score (nSPS) is 15.5. The highest BCUT2D eigenvalue weighted by Crippen LogP contribution is 2.16. The third-order valence-corrected chi connectivity index (χ3v) is 2.33. The second-order valence-electron chi connectivity index (χ2n) is 3.23. The van der Waals surface area contributed by atoms with Crippen molar-refractivity contribution in [1.29, 1.82) is 0 Å². The van der Waals surface area contributed by atoms with Crippen LogP contribution in [0, 0.1) is 0 Å². The number of nitrogens with zero attached hydrogens (tertiary/aromatic N) is 2. The maximum absolute atomic E-state index is 5.83. The molecule has 0 spiro atoms. The second kappa shape index (κ2) is 3.30. The molecule has 0 amide bonds. The van der Waals surface area contributed by atoms with Crippen LogP contribution < -0.4 is 11.1 Å². The van der Waals surface area contributed by atoms with Crippen LogP contribution in [0.25, 0.3) is 0 Å². The van der Waals surface area contributed by atoms with Crippen molar-refractivity contribution in [2.45, 2.75) is 26.3 Å². The van der Waals surface area contributed by atoms with Crippen LogP contribution in [-0.4, -0.2) is 16.5 Å². The number of aryl methyl sites for hydroxylation is 1. The average molecular weight is 178 g/mol. The standard InChI is InChI=1S/C9H14N4/c1-2-8-12-7-3-4-11-5-6(7)9(10)13-8/h11H,2-5H2,1H3,(H2,10,12,13). The van der Waals surface area contributed by atoms with Crippen LogP contribution in [0.1, 0.15) is 24.0 Å². The van der Waals surface area contributed by atoms with Gasteiger partial charge in [0.15, 0.2) is 0 Å². The molecule has 1 aliphatic rings. The minimum atomic E-state index is 0.647.